The average Bonchev–Trinajstić information content (AvgIpc) is 2.63. The Labute approximate surface area is 149 Å². The van der Waals surface area contributed by atoms with Gasteiger partial charge < -0.3 is 14.8 Å². The molecule has 4 nitrogen and oxygen atoms in total. The van der Waals surface area contributed by atoms with E-state index >= 15 is 0 Å². The number of carbonyl (C=O) groups is 1. The maximum Gasteiger partial charge on any atom is 0.246 e. The Morgan fingerprint density at radius 3 is 2.36 bits per heavy atom. The maximum absolute atomic E-state index is 12.2. The first-order chi connectivity index (χ1) is 12.0. The van der Waals surface area contributed by atoms with Gasteiger partial charge in [-0.05, 0) is 49.6 Å². The summed E-state index contributed by atoms with van der Waals surface area (Å²) in [6, 6.07) is 13.9. The molecule has 0 bridgehead atoms. The summed E-state index contributed by atoms with van der Waals surface area (Å²) in [5, 5.41) is 2.95. The van der Waals surface area contributed by atoms with Crippen molar-refractivity contribution in [3.05, 3.63) is 64.7 Å². The molecule has 0 unspecified atom stereocenters. The van der Waals surface area contributed by atoms with Crippen molar-refractivity contribution in [3.8, 4) is 11.5 Å². The van der Waals surface area contributed by atoms with E-state index in [1.807, 2.05) is 62.4 Å². The highest BCUT2D eigenvalue weighted by atomic mass is 16.5. The smallest absolute Gasteiger partial charge is 0.246 e. The van der Waals surface area contributed by atoms with Crippen LogP contribution >= 0.6 is 0 Å². The Morgan fingerprint density at radius 1 is 1.04 bits per heavy atom. The number of hydrogen-bond donors (Lipinski definition) is 1. The molecule has 2 rings (SSSR count). The lowest BCUT2D eigenvalue weighted by Gasteiger charge is -2.10. The van der Waals surface area contributed by atoms with Crippen LogP contribution in [-0.2, 0) is 11.2 Å². The minimum atomic E-state index is -0.0546. The molecule has 0 aliphatic rings. The van der Waals surface area contributed by atoms with Crippen LogP contribution in [0.25, 0.3) is 6.08 Å². The second kappa shape index (κ2) is 8.92. The van der Waals surface area contributed by atoms with Crippen LogP contribution in [0, 0.1) is 6.92 Å². The Bertz CT molecular complexity index is 748. The van der Waals surface area contributed by atoms with Crippen molar-refractivity contribution < 1.29 is 14.3 Å². The largest absolute Gasteiger partial charge is 0.493 e. The first-order valence-electron chi connectivity index (χ1n) is 8.27. The molecule has 2 aromatic carbocycles. The van der Waals surface area contributed by atoms with Crippen molar-refractivity contribution >= 4 is 12.0 Å². The minimum absolute atomic E-state index is 0.0546. The molecule has 2 aromatic rings. The van der Waals surface area contributed by atoms with Gasteiger partial charge in [0.05, 0.1) is 14.2 Å². The third-order valence-electron chi connectivity index (χ3n) is 3.97. The zero-order chi connectivity index (χ0) is 18.2. The van der Waals surface area contributed by atoms with Crippen LogP contribution in [0.5, 0.6) is 11.5 Å². The highest BCUT2D eigenvalue weighted by Gasteiger charge is 2.06. The van der Waals surface area contributed by atoms with Crippen molar-refractivity contribution in [1.82, 2.24) is 5.32 Å². The normalized spacial score (nSPS) is 11.1. The van der Waals surface area contributed by atoms with E-state index in [0.29, 0.717) is 23.6 Å². The Balaban J connectivity index is 1.90. The molecule has 1 N–H and O–H groups in total. The lowest BCUT2D eigenvalue weighted by Crippen LogP contribution is -2.26. The fourth-order valence-corrected chi connectivity index (χ4v) is 2.47. The molecular formula is C21H25NO3. The molecule has 0 saturated heterocycles. The number of hydrogen-bond acceptors (Lipinski definition) is 3. The third kappa shape index (κ3) is 5.38. The molecule has 0 atom stereocenters. The van der Waals surface area contributed by atoms with Gasteiger partial charge >= 0.3 is 0 Å². The van der Waals surface area contributed by atoms with E-state index in [1.54, 1.807) is 14.2 Å². The number of methoxy groups -OCH3 is 2. The second-order valence-electron chi connectivity index (χ2n) is 5.93. The molecule has 132 valence electrons. The molecule has 0 saturated carbocycles. The van der Waals surface area contributed by atoms with E-state index in [9.17, 15) is 4.79 Å². The number of carbonyl (C=O) groups excluding carboxylic acids is 1. The monoisotopic (exact) mass is 339 g/mol. The average molecular weight is 339 g/mol. The molecule has 0 fully saturated rings. The number of aryl methyl sites for hydroxylation is 1. The maximum atomic E-state index is 12.2. The molecular weight excluding hydrogens is 314 g/mol. The molecule has 0 spiro atoms. The van der Waals surface area contributed by atoms with Gasteiger partial charge in [-0.25, -0.2) is 0 Å². The molecule has 0 heterocycles. The predicted molar refractivity (Wildman–Crippen MR) is 101 cm³/mol. The first kappa shape index (κ1) is 18.6. The van der Waals surface area contributed by atoms with E-state index in [-0.39, 0.29) is 5.91 Å². The van der Waals surface area contributed by atoms with Gasteiger partial charge in [-0.3, -0.25) is 4.79 Å². The first-order valence-corrected chi connectivity index (χ1v) is 8.27. The number of rotatable bonds is 7. The van der Waals surface area contributed by atoms with Gasteiger partial charge in [0.1, 0.15) is 0 Å². The number of benzene rings is 2. The van der Waals surface area contributed by atoms with Crippen LogP contribution in [0.2, 0.25) is 0 Å². The summed E-state index contributed by atoms with van der Waals surface area (Å²) >= 11 is 0. The Morgan fingerprint density at radius 2 is 1.72 bits per heavy atom. The van der Waals surface area contributed by atoms with Crippen molar-refractivity contribution in [3.63, 3.8) is 0 Å². The summed E-state index contributed by atoms with van der Waals surface area (Å²) in [5.41, 5.74) is 4.00. The van der Waals surface area contributed by atoms with E-state index in [4.69, 9.17) is 9.47 Å². The topological polar surface area (TPSA) is 47.6 Å². The lowest BCUT2D eigenvalue weighted by atomic mass is 10.1. The molecule has 4 heteroatoms. The summed E-state index contributed by atoms with van der Waals surface area (Å²) in [6.45, 7) is 4.43. The van der Waals surface area contributed by atoms with E-state index in [0.717, 1.165) is 17.5 Å². The zero-order valence-electron chi connectivity index (χ0n) is 15.3. The fraction of sp³-hybridized carbons (Fsp3) is 0.286. The SMILES string of the molecule is COc1ccc(CCNC(=O)/C(C)=C/c2ccc(C)cc2)cc1OC. The van der Waals surface area contributed by atoms with Gasteiger partial charge in [-0.1, -0.05) is 35.9 Å². The highest BCUT2D eigenvalue weighted by molar-refractivity contribution is 5.97. The van der Waals surface area contributed by atoms with E-state index in [2.05, 4.69) is 5.32 Å². The number of ether oxygens (including phenoxy) is 2. The fourth-order valence-electron chi connectivity index (χ4n) is 2.47. The van der Waals surface area contributed by atoms with Crippen molar-refractivity contribution in [2.75, 3.05) is 20.8 Å². The van der Waals surface area contributed by atoms with Crippen molar-refractivity contribution in [1.29, 1.82) is 0 Å². The number of nitrogens with one attached hydrogen (secondary N) is 1. The lowest BCUT2D eigenvalue weighted by molar-refractivity contribution is -0.117. The van der Waals surface area contributed by atoms with Crippen LogP contribution in [-0.4, -0.2) is 26.7 Å². The van der Waals surface area contributed by atoms with Gasteiger partial charge in [-0.2, -0.15) is 0 Å². The molecule has 0 aliphatic heterocycles. The molecule has 0 radical (unpaired) electrons. The van der Waals surface area contributed by atoms with Gasteiger partial charge in [0.25, 0.3) is 0 Å². The second-order valence-corrected chi connectivity index (χ2v) is 5.93. The van der Waals surface area contributed by atoms with Crippen LogP contribution in [0.15, 0.2) is 48.0 Å². The molecule has 1 amide bonds. The van der Waals surface area contributed by atoms with Gasteiger partial charge in [0, 0.05) is 12.1 Å². The summed E-state index contributed by atoms with van der Waals surface area (Å²) < 4.78 is 10.5. The Hall–Kier alpha value is -2.75. The molecule has 0 aromatic heterocycles. The van der Waals surface area contributed by atoms with Crippen molar-refractivity contribution in [2.45, 2.75) is 20.3 Å². The third-order valence-corrected chi connectivity index (χ3v) is 3.97. The highest BCUT2D eigenvalue weighted by Crippen LogP contribution is 2.27. The van der Waals surface area contributed by atoms with Gasteiger partial charge in [-0.15, -0.1) is 0 Å². The van der Waals surface area contributed by atoms with Crippen LogP contribution in [0.1, 0.15) is 23.6 Å². The summed E-state index contributed by atoms with van der Waals surface area (Å²) in [5.74, 6) is 1.34. The Kier molecular flexibility index (Phi) is 6.63. The van der Waals surface area contributed by atoms with Crippen LogP contribution in [0.3, 0.4) is 0 Å². The van der Waals surface area contributed by atoms with Crippen LogP contribution in [0.4, 0.5) is 0 Å². The molecule has 25 heavy (non-hydrogen) atoms. The zero-order valence-corrected chi connectivity index (χ0v) is 15.3. The summed E-state index contributed by atoms with van der Waals surface area (Å²) in [6.07, 6.45) is 2.62. The minimum Gasteiger partial charge on any atom is -0.493 e. The summed E-state index contributed by atoms with van der Waals surface area (Å²) in [7, 11) is 3.23. The van der Waals surface area contributed by atoms with Crippen LogP contribution < -0.4 is 14.8 Å². The van der Waals surface area contributed by atoms with Gasteiger partial charge in [0.2, 0.25) is 5.91 Å². The summed E-state index contributed by atoms with van der Waals surface area (Å²) in [4.78, 5) is 12.2. The number of amides is 1. The standard InChI is InChI=1S/C21H25NO3/c1-15-5-7-17(8-6-15)13-16(2)21(23)22-12-11-18-9-10-19(24-3)20(14-18)25-4/h5-10,13-14H,11-12H2,1-4H3,(H,22,23)/b16-13+. The quantitative estimate of drug-likeness (QED) is 0.781. The van der Waals surface area contributed by atoms with Gasteiger partial charge in [0.15, 0.2) is 11.5 Å². The van der Waals surface area contributed by atoms with Crippen molar-refractivity contribution in [2.24, 2.45) is 0 Å². The molecule has 0 aliphatic carbocycles. The van der Waals surface area contributed by atoms with E-state index < -0.39 is 0 Å². The predicted octanol–water partition coefficient (Wildman–Crippen LogP) is 3.77. The van der Waals surface area contributed by atoms with E-state index in [1.165, 1.54) is 5.56 Å².